The zero-order chi connectivity index (χ0) is 14.8. The summed E-state index contributed by atoms with van der Waals surface area (Å²) in [6, 6.07) is 5.49. The third-order valence-electron chi connectivity index (χ3n) is 2.32. The van der Waals surface area contributed by atoms with Crippen LogP contribution in [0.25, 0.3) is 0 Å². The summed E-state index contributed by atoms with van der Waals surface area (Å²) in [7, 11) is 0. The van der Waals surface area contributed by atoms with Crippen molar-refractivity contribution >= 4 is 5.91 Å². The highest BCUT2D eigenvalue weighted by molar-refractivity contribution is 5.87. The summed E-state index contributed by atoms with van der Waals surface area (Å²) in [5.74, 6) is -0.174. The minimum absolute atomic E-state index is 0.0183. The topological polar surface area (TPSA) is 58.6 Å². The number of halogens is 1. The Hall–Kier alpha value is -2.14. The van der Waals surface area contributed by atoms with Gasteiger partial charge in [0.1, 0.15) is 24.3 Å². The number of carbonyl (C=O) groups excluding carboxylic acids is 1. The van der Waals surface area contributed by atoms with Crippen LogP contribution < -0.4 is 10.1 Å². The lowest BCUT2D eigenvalue weighted by molar-refractivity contribution is -0.117. The third kappa shape index (κ3) is 6.70. The average molecular weight is 279 g/mol. The molecular weight excluding hydrogens is 261 g/mol. The monoisotopic (exact) mass is 279 g/mol. The van der Waals surface area contributed by atoms with Gasteiger partial charge in [-0.25, -0.2) is 4.39 Å². The Balaban J connectivity index is 2.24. The van der Waals surface area contributed by atoms with Gasteiger partial charge < -0.3 is 15.2 Å². The predicted octanol–water partition coefficient (Wildman–Crippen LogP) is 1.81. The van der Waals surface area contributed by atoms with Gasteiger partial charge in [0.15, 0.2) is 0 Å². The van der Waals surface area contributed by atoms with E-state index in [1.165, 1.54) is 30.3 Å². The number of carbonyl (C=O) groups is 1. The van der Waals surface area contributed by atoms with Crippen LogP contribution in [0.1, 0.15) is 6.92 Å². The molecule has 0 radical (unpaired) electrons. The van der Waals surface area contributed by atoms with Crippen molar-refractivity contribution in [2.75, 3.05) is 13.2 Å². The Morgan fingerprint density at radius 3 is 2.75 bits per heavy atom. The van der Waals surface area contributed by atoms with E-state index in [-0.39, 0.29) is 24.9 Å². The second-order valence-electron chi connectivity index (χ2n) is 4.05. The van der Waals surface area contributed by atoms with Gasteiger partial charge in [0, 0.05) is 12.6 Å². The Morgan fingerprint density at radius 1 is 1.40 bits per heavy atom. The molecule has 0 aliphatic carbocycles. The van der Waals surface area contributed by atoms with E-state index in [0.29, 0.717) is 5.75 Å². The number of nitrogens with one attached hydrogen (secondary N) is 1. The summed E-state index contributed by atoms with van der Waals surface area (Å²) in [6.07, 6.45) is 5.67. The van der Waals surface area contributed by atoms with Gasteiger partial charge in [0.25, 0.3) is 0 Å². The quantitative estimate of drug-likeness (QED) is 0.591. The summed E-state index contributed by atoms with van der Waals surface area (Å²) < 4.78 is 17.9. The van der Waals surface area contributed by atoms with E-state index in [9.17, 15) is 14.3 Å². The molecule has 0 aliphatic heterocycles. The number of benzene rings is 1. The normalized spacial score (nSPS) is 12.8. The zero-order valence-electron chi connectivity index (χ0n) is 11.3. The van der Waals surface area contributed by atoms with Gasteiger partial charge in [-0.3, -0.25) is 4.79 Å². The van der Waals surface area contributed by atoms with E-state index in [1.807, 2.05) is 6.92 Å². The number of aliphatic hydroxyl groups is 1. The molecular formula is C15H18FNO3. The van der Waals surface area contributed by atoms with Crippen molar-refractivity contribution in [2.45, 2.75) is 13.0 Å². The summed E-state index contributed by atoms with van der Waals surface area (Å²) in [5, 5.41) is 12.2. The lowest BCUT2D eigenvalue weighted by Crippen LogP contribution is -2.34. The average Bonchev–Trinajstić information content (AvgIpc) is 2.45. The van der Waals surface area contributed by atoms with Crippen LogP contribution in [-0.2, 0) is 4.79 Å². The molecule has 4 nitrogen and oxygen atoms in total. The van der Waals surface area contributed by atoms with Crippen molar-refractivity contribution in [1.29, 1.82) is 0 Å². The molecule has 0 aromatic heterocycles. The molecule has 5 heteroatoms. The molecule has 0 saturated carbocycles. The molecule has 20 heavy (non-hydrogen) atoms. The van der Waals surface area contributed by atoms with Crippen LogP contribution in [0.2, 0.25) is 0 Å². The van der Waals surface area contributed by atoms with Gasteiger partial charge in [-0.2, -0.15) is 0 Å². The molecule has 1 rings (SSSR count). The Morgan fingerprint density at radius 2 is 2.10 bits per heavy atom. The number of aliphatic hydroxyl groups excluding tert-OH is 1. The minimum Gasteiger partial charge on any atom is -0.491 e. The smallest absolute Gasteiger partial charge is 0.244 e. The van der Waals surface area contributed by atoms with E-state index in [4.69, 9.17) is 4.74 Å². The Bertz CT molecular complexity index is 469. The molecule has 1 aromatic carbocycles. The molecule has 1 unspecified atom stereocenters. The molecule has 108 valence electrons. The highest BCUT2D eigenvalue weighted by Crippen LogP contribution is 2.11. The van der Waals surface area contributed by atoms with Crippen LogP contribution >= 0.6 is 0 Å². The lowest BCUT2D eigenvalue weighted by Gasteiger charge is -2.12. The summed E-state index contributed by atoms with van der Waals surface area (Å²) in [5.41, 5.74) is 0. The molecule has 0 bridgehead atoms. The lowest BCUT2D eigenvalue weighted by atomic mass is 10.3. The van der Waals surface area contributed by atoms with Crippen LogP contribution in [0.3, 0.4) is 0 Å². The van der Waals surface area contributed by atoms with E-state index in [1.54, 1.807) is 18.2 Å². The second-order valence-corrected chi connectivity index (χ2v) is 4.05. The van der Waals surface area contributed by atoms with Gasteiger partial charge in [-0.15, -0.1) is 0 Å². The molecule has 0 aliphatic rings. The van der Waals surface area contributed by atoms with Crippen LogP contribution in [-0.4, -0.2) is 30.3 Å². The van der Waals surface area contributed by atoms with Crippen molar-refractivity contribution in [1.82, 2.24) is 5.32 Å². The van der Waals surface area contributed by atoms with Crippen LogP contribution in [0, 0.1) is 5.82 Å². The highest BCUT2D eigenvalue weighted by atomic mass is 19.1. The maximum atomic E-state index is 12.7. The van der Waals surface area contributed by atoms with Crippen molar-refractivity contribution in [3.63, 3.8) is 0 Å². The second kappa shape index (κ2) is 8.87. The van der Waals surface area contributed by atoms with Crippen LogP contribution in [0.15, 0.2) is 48.6 Å². The van der Waals surface area contributed by atoms with Crippen molar-refractivity contribution in [3.8, 4) is 5.75 Å². The molecule has 1 atom stereocenters. The standard InChI is InChI=1S/C15H18FNO3/c1-2-3-4-5-15(19)17-10-13(18)11-20-14-8-6-12(16)7-9-14/h2-9,13,18H,10-11H2,1H3,(H,17,19). The number of allylic oxidation sites excluding steroid dienone is 3. The number of hydrogen-bond acceptors (Lipinski definition) is 3. The van der Waals surface area contributed by atoms with Gasteiger partial charge in [-0.1, -0.05) is 18.2 Å². The van der Waals surface area contributed by atoms with E-state index in [2.05, 4.69) is 5.32 Å². The number of hydrogen-bond donors (Lipinski definition) is 2. The van der Waals surface area contributed by atoms with Crippen LogP contribution in [0.5, 0.6) is 5.75 Å². The fourth-order valence-corrected chi connectivity index (χ4v) is 1.31. The van der Waals surface area contributed by atoms with E-state index < -0.39 is 6.10 Å². The SMILES string of the molecule is CC=CC=CC(=O)NCC(O)COc1ccc(F)cc1. The highest BCUT2D eigenvalue weighted by Gasteiger charge is 2.06. The maximum Gasteiger partial charge on any atom is 0.244 e. The fraction of sp³-hybridized carbons (Fsp3) is 0.267. The summed E-state index contributed by atoms with van der Waals surface area (Å²) in [4.78, 5) is 11.3. The molecule has 0 heterocycles. The molecule has 2 N–H and O–H groups in total. The van der Waals surface area contributed by atoms with Gasteiger partial charge in [-0.05, 0) is 31.2 Å². The molecule has 1 aromatic rings. The van der Waals surface area contributed by atoms with Gasteiger partial charge >= 0.3 is 0 Å². The predicted molar refractivity (Wildman–Crippen MR) is 74.9 cm³/mol. The summed E-state index contributed by atoms with van der Waals surface area (Å²) >= 11 is 0. The number of rotatable bonds is 7. The molecule has 1 amide bonds. The first-order chi connectivity index (χ1) is 9.61. The summed E-state index contributed by atoms with van der Waals surface area (Å²) in [6.45, 7) is 1.95. The first-order valence-corrected chi connectivity index (χ1v) is 6.25. The maximum absolute atomic E-state index is 12.7. The number of ether oxygens (including phenoxy) is 1. The Kier molecular flexibility index (Phi) is 7.06. The zero-order valence-corrected chi connectivity index (χ0v) is 11.3. The van der Waals surface area contributed by atoms with Crippen LogP contribution in [0.4, 0.5) is 4.39 Å². The first kappa shape index (κ1) is 15.9. The van der Waals surface area contributed by atoms with Crippen molar-refractivity contribution in [3.05, 3.63) is 54.4 Å². The molecule has 0 fully saturated rings. The van der Waals surface area contributed by atoms with E-state index >= 15 is 0 Å². The van der Waals surface area contributed by atoms with Crippen molar-refractivity contribution < 1.29 is 19.0 Å². The molecule has 0 saturated heterocycles. The Labute approximate surface area is 117 Å². The van der Waals surface area contributed by atoms with Crippen molar-refractivity contribution in [2.24, 2.45) is 0 Å². The first-order valence-electron chi connectivity index (χ1n) is 6.25. The largest absolute Gasteiger partial charge is 0.491 e. The van der Waals surface area contributed by atoms with Gasteiger partial charge in [0.05, 0.1) is 0 Å². The third-order valence-corrected chi connectivity index (χ3v) is 2.32. The van der Waals surface area contributed by atoms with Gasteiger partial charge in [0.2, 0.25) is 5.91 Å². The van der Waals surface area contributed by atoms with E-state index in [0.717, 1.165) is 0 Å². The number of amides is 1. The molecule has 0 spiro atoms. The minimum atomic E-state index is -0.834. The fourth-order valence-electron chi connectivity index (χ4n) is 1.31.